The van der Waals surface area contributed by atoms with Crippen LogP contribution in [0.1, 0.15) is 30.8 Å². The summed E-state index contributed by atoms with van der Waals surface area (Å²) in [5.74, 6) is 0. The quantitative estimate of drug-likeness (QED) is 0.813. The van der Waals surface area contributed by atoms with Crippen LogP contribution in [0.15, 0.2) is 0 Å². The van der Waals surface area contributed by atoms with Crippen LogP contribution in [0.4, 0.5) is 13.2 Å². The number of methoxy groups -OCH3 is 1. The SMILES string of the molecule is CCC(COC)n1nnc(CC#N)c1C(F)(F)F. The van der Waals surface area contributed by atoms with Crippen LogP contribution in [0.5, 0.6) is 0 Å². The molecule has 18 heavy (non-hydrogen) atoms. The van der Waals surface area contributed by atoms with Crippen molar-refractivity contribution in [3.8, 4) is 6.07 Å². The van der Waals surface area contributed by atoms with Gasteiger partial charge in [-0.15, -0.1) is 5.10 Å². The highest BCUT2D eigenvalue weighted by molar-refractivity contribution is 5.18. The Morgan fingerprint density at radius 3 is 2.61 bits per heavy atom. The first-order valence-electron chi connectivity index (χ1n) is 5.32. The Morgan fingerprint density at radius 1 is 1.50 bits per heavy atom. The molecule has 8 heteroatoms. The first-order valence-corrected chi connectivity index (χ1v) is 5.32. The number of nitrogens with zero attached hydrogens (tertiary/aromatic N) is 4. The van der Waals surface area contributed by atoms with Crippen LogP contribution in [0, 0.1) is 11.3 Å². The zero-order valence-electron chi connectivity index (χ0n) is 10.0. The molecule has 0 bridgehead atoms. The second kappa shape index (κ2) is 5.82. The van der Waals surface area contributed by atoms with Crippen molar-refractivity contribution >= 4 is 0 Å². The summed E-state index contributed by atoms with van der Waals surface area (Å²) in [4.78, 5) is 0. The molecule has 0 saturated carbocycles. The normalized spacial score (nSPS) is 13.3. The predicted molar refractivity (Wildman–Crippen MR) is 55.5 cm³/mol. The molecule has 1 rings (SSSR count). The highest BCUT2D eigenvalue weighted by Gasteiger charge is 2.40. The molecule has 0 fully saturated rings. The second-order valence-corrected chi connectivity index (χ2v) is 3.68. The molecule has 1 heterocycles. The Bertz CT molecular complexity index is 435. The molecule has 100 valence electrons. The third-order valence-corrected chi connectivity index (χ3v) is 2.46. The van der Waals surface area contributed by atoms with Crippen molar-refractivity contribution in [2.45, 2.75) is 32.0 Å². The highest BCUT2D eigenvalue weighted by atomic mass is 19.4. The Hall–Kier alpha value is -1.62. The smallest absolute Gasteiger partial charge is 0.382 e. The van der Waals surface area contributed by atoms with Crippen LogP contribution >= 0.6 is 0 Å². The van der Waals surface area contributed by atoms with Crippen molar-refractivity contribution in [1.82, 2.24) is 15.0 Å². The van der Waals surface area contributed by atoms with Crippen LogP contribution in [-0.4, -0.2) is 28.7 Å². The molecule has 0 aromatic carbocycles. The standard InChI is InChI=1S/C10H13F3N4O/c1-3-7(6-18-2)17-9(10(11,12)13)8(4-5-14)15-16-17/h7H,3-4,6H2,1-2H3. The number of aromatic nitrogens is 3. The van der Waals surface area contributed by atoms with Gasteiger partial charge in [0.05, 0.1) is 25.1 Å². The first kappa shape index (κ1) is 14.4. The summed E-state index contributed by atoms with van der Waals surface area (Å²) in [6.45, 7) is 1.84. The first-order chi connectivity index (χ1) is 8.45. The van der Waals surface area contributed by atoms with Gasteiger partial charge < -0.3 is 4.74 Å². The molecular formula is C10H13F3N4O. The average Bonchev–Trinajstić information content (AvgIpc) is 2.69. The molecule has 0 aliphatic heterocycles. The van der Waals surface area contributed by atoms with E-state index in [1.807, 2.05) is 0 Å². The fraction of sp³-hybridized carbons (Fsp3) is 0.700. The maximum absolute atomic E-state index is 13.0. The molecule has 5 nitrogen and oxygen atoms in total. The Balaban J connectivity index is 3.23. The van der Waals surface area contributed by atoms with Crippen molar-refractivity contribution in [2.75, 3.05) is 13.7 Å². The third-order valence-electron chi connectivity index (χ3n) is 2.46. The summed E-state index contributed by atoms with van der Waals surface area (Å²) in [7, 11) is 1.41. The van der Waals surface area contributed by atoms with Gasteiger partial charge in [-0.05, 0) is 6.42 Å². The maximum atomic E-state index is 13.0. The minimum absolute atomic E-state index is 0.106. The third kappa shape index (κ3) is 2.98. The van der Waals surface area contributed by atoms with Gasteiger partial charge in [-0.3, -0.25) is 0 Å². The number of hydrogen-bond donors (Lipinski definition) is 0. The van der Waals surface area contributed by atoms with Crippen molar-refractivity contribution in [3.05, 3.63) is 11.4 Å². The topological polar surface area (TPSA) is 63.7 Å². The monoisotopic (exact) mass is 262 g/mol. The van der Waals surface area contributed by atoms with Crippen LogP contribution in [0.2, 0.25) is 0 Å². The summed E-state index contributed by atoms with van der Waals surface area (Å²) in [5.41, 5.74) is -1.31. The van der Waals surface area contributed by atoms with Gasteiger partial charge in [-0.2, -0.15) is 18.4 Å². The molecule has 0 aliphatic rings. The Morgan fingerprint density at radius 2 is 2.17 bits per heavy atom. The lowest BCUT2D eigenvalue weighted by Gasteiger charge is -2.18. The summed E-state index contributed by atoms with van der Waals surface area (Å²) in [6.07, 6.45) is -4.58. The molecule has 0 aliphatic carbocycles. The second-order valence-electron chi connectivity index (χ2n) is 3.68. The van der Waals surface area contributed by atoms with Gasteiger partial charge in [0.15, 0.2) is 5.69 Å². The van der Waals surface area contributed by atoms with Crippen LogP contribution in [0.25, 0.3) is 0 Å². The van der Waals surface area contributed by atoms with Gasteiger partial charge >= 0.3 is 6.18 Å². The summed E-state index contributed by atoms with van der Waals surface area (Å²) in [5, 5.41) is 15.4. The maximum Gasteiger partial charge on any atom is 0.434 e. The van der Waals surface area contributed by atoms with Crippen molar-refractivity contribution in [1.29, 1.82) is 5.26 Å². The number of alkyl halides is 3. The van der Waals surface area contributed by atoms with E-state index in [1.54, 1.807) is 13.0 Å². The van der Waals surface area contributed by atoms with Crippen molar-refractivity contribution in [3.63, 3.8) is 0 Å². The Labute approximate surface area is 102 Å². The van der Waals surface area contributed by atoms with Gasteiger partial charge in [0.25, 0.3) is 0 Å². The van der Waals surface area contributed by atoms with Gasteiger partial charge in [0.1, 0.15) is 5.69 Å². The summed E-state index contributed by atoms with van der Waals surface area (Å²) >= 11 is 0. The van der Waals surface area contributed by atoms with Crippen molar-refractivity contribution in [2.24, 2.45) is 0 Å². The van der Waals surface area contributed by atoms with E-state index in [1.165, 1.54) is 7.11 Å². The minimum Gasteiger partial charge on any atom is -0.382 e. The molecule has 0 saturated heterocycles. The van der Waals surface area contributed by atoms with E-state index in [2.05, 4.69) is 10.3 Å². The molecule has 0 spiro atoms. The van der Waals surface area contributed by atoms with Crippen LogP contribution in [-0.2, 0) is 17.3 Å². The molecule has 1 atom stereocenters. The zero-order chi connectivity index (χ0) is 13.8. The number of nitriles is 1. The van der Waals surface area contributed by atoms with Crippen molar-refractivity contribution < 1.29 is 17.9 Å². The van der Waals surface area contributed by atoms with Crippen LogP contribution in [0.3, 0.4) is 0 Å². The number of rotatable bonds is 5. The van der Waals surface area contributed by atoms with E-state index in [0.717, 1.165) is 4.68 Å². The molecule has 1 aromatic rings. The molecule has 0 amide bonds. The summed E-state index contributed by atoms with van der Waals surface area (Å²) in [6, 6.07) is 1.10. The molecule has 1 aromatic heterocycles. The lowest BCUT2D eigenvalue weighted by atomic mass is 10.2. The van der Waals surface area contributed by atoms with E-state index in [0.29, 0.717) is 6.42 Å². The molecular weight excluding hydrogens is 249 g/mol. The fourth-order valence-electron chi connectivity index (χ4n) is 1.62. The molecule has 0 radical (unpaired) electrons. The van der Waals surface area contributed by atoms with Gasteiger partial charge in [-0.25, -0.2) is 4.68 Å². The van der Waals surface area contributed by atoms with Gasteiger partial charge in [-0.1, -0.05) is 12.1 Å². The molecule has 1 unspecified atom stereocenters. The number of halogens is 3. The van der Waals surface area contributed by atoms with Gasteiger partial charge in [0.2, 0.25) is 0 Å². The lowest BCUT2D eigenvalue weighted by molar-refractivity contribution is -0.146. The fourth-order valence-corrected chi connectivity index (χ4v) is 1.62. The van der Waals surface area contributed by atoms with Gasteiger partial charge in [0, 0.05) is 7.11 Å². The number of ether oxygens (including phenoxy) is 1. The van der Waals surface area contributed by atoms with E-state index in [9.17, 15) is 13.2 Å². The zero-order valence-corrected chi connectivity index (χ0v) is 10.0. The Kier molecular flexibility index (Phi) is 4.67. The largest absolute Gasteiger partial charge is 0.434 e. The van der Waals surface area contributed by atoms with E-state index in [4.69, 9.17) is 10.00 Å². The average molecular weight is 262 g/mol. The molecule has 0 N–H and O–H groups in total. The lowest BCUT2D eigenvalue weighted by Crippen LogP contribution is -2.23. The van der Waals surface area contributed by atoms with E-state index >= 15 is 0 Å². The summed E-state index contributed by atoms with van der Waals surface area (Å²) < 4.78 is 44.5. The predicted octanol–water partition coefficient (Wildman–Crippen LogP) is 1.96. The number of hydrogen-bond acceptors (Lipinski definition) is 4. The highest BCUT2D eigenvalue weighted by Crippen LogP contribution is 2.33. The van der Waals surface area contributed by atoms with E-state index in [-0.39, 0.29) is 12.3 Å². The minimum atomic E-state index is -4.59. The van der Waals surface area contributed by atoms with Crippen LogP contribution < -0.4 is 0 Å². The van der Waals surface area contributed by atoms with E-state index < -0.39 is 24.3 Å².